The lowest BCUT2D eigenvalue weighted by atomic mass is 10.0. The highest BCUT2D eigenvalue weighted by molar-refractivity contribution is 7.17. The number of hydrogen-bond acceptors (Lipinski definition) is 6. The summed E-state index contributed by atoms with van der Waals surface area (Å²) in [5.41, 5.74) is 0.580. The quantitative estimate of drug-likeness (QED) is 0.824. The molecule has 0 bridgehead atoms. The van der Waals surface area contributed by atoms with Crippen molar-refractivity contribution in [2.45, 2.75) is 37.8 Å². The number of rotatable bonds is 2. The fraction of sp³-hybridized carbons (Fsp3) is 0.600. The number of hydrogen-bond donors (Lipinski definition) is 0. The molecule has 0 saturated carbocycles. The molecule has 2 aromatic heterocycles. The molecular weight excluding hydrogens is 316 g/mol. The van der Waals surface area contributed by atoms with Gasteiger partial charge >= 0.3 is 0 Å². The number of carbonyl (C=O) groups is 1. The summed E-state index contributed by atoms with van der Waals surface area (Å²) in [6.07, 6.45) is 2.96. The largest absolute Gasteiger partial charge is 0.368 e. The summed E-state index contributed by atoms with van der Waals surface area (Å²) in [6.45, 7) is 1.96. The van der Waals surface area contributed by atoms with E-state index in [4.69, 9.17) is 4.74 Å². The Hall–Kier alpha value is -1.80. The molecule has 1 atom stereocenters. The molecule has 8 heteroatoms. The van der Waals surface area contributed by atoms with Crippen LogP contribution in [0.2, 0.25) is 0 Å². The summed E-state index contributed by atoms with van der Waals surface area (Å²) in [7, 11) is 0. The SMILES string of the molecule is O=C([C@H]1CCCO1)N1CCC(n2nnc3ccsc3c2=O)CC1. The van der Waals surface area contributed by atoms with Gasteiger partial charge in [0.15, 0.2) is 0 Å². The maximum atomic E-state index is 12.5. The first-order valence-corrected chi connectivity index (χ1v) is 8.85. The fourth-order valence-corrected chi connectivity index (χ4v) is 4.09. The van der Waals surface area contributed by atoms with Crippen molar-refractivity contribution in [3.63, 3.8) is 0 Å². The molecule has 0 aliphatic carbocycles. The van der Waals surface area contributed by atoms with Crippen molar-refractivity contribution < 1.29 is 9.53 Å². The van der Waals surface area contributed by atoms with Crippen LogP contribution in [0.1, 0.15) is 31.7 Å². The van der Waals surface area contributed by atoms with E-state index in [1.165, 1.54) is 16.0 Å². The van der Waals surface area contributed by atoms with Crippen LogP contribution >= 0.6 is 11.3 Å². The van der Waals surface area contributed by atoms with Gasteiger partial charge in [0.2, 0.25) is 0 Å². The van der Waals surface area contributed by atoms with Crippen molar-refractivity contribution in [2.75, 3.05) is 19.7 Å². The molecule has 7 nitrogen and oxygen atoms in total. The number of ether oxygens (including phenoxy) is 1. The predicted molar refractivity (Wildman–Crippen MR) is 85.5 cm³/mol. The molecule has 2 fully saturated rings. The molecule has 4 heterocycles. The third-order valence-corrected chi connectivity index (χ3v) is 5.51. The third kappa shape index (κ3) is 2.66. The zero-order chi connectivity index (χ0) is 15.8. The number of likely N-dealkylation sites (tertiary alicyclic amines) is 1. The summed E-state index contributed by atoms with van der Waals surface area (Å²) in [4.78, 5) is 26.7. The summed E-state index contributed by atoms with van der Waals surface area (Å²) in [6, 6.07) is 1.82. The van der Waals surface area contributed by atoms with Gasteiger partial charge in [-0.05, 0) is 37.1 Å². The fourth-order valence-electron chi connectivity index (χ4n) is 3.33. The Labute approximate surface area is 136 Å². The lowest BCUT2D eigenvalue weighted by Gasteiger charge is -2.33. The highest BCUT2D eigenvalue weighted by atomic mass is 32.1. The van der Waals surface area contributed by atoms with E-state index in [2.05, 4.69) is 10.3 Å². The van der Waals surface area contributed by atoms with Crippen molar-refractivity contribution >= 4 is 27.5 Å². The Bertz CT molecular complexity index is 772. The van der Waals surface area contributed by atoms with Gasteiger partial charge in [0, 0.05) is 19.7 Å². The van der Waals surface area contributed by atoms with E-state index < -0.39 is 0 Å². The lowest BCUT2D eigenvalue weighted by molar-refractivity contribution is -0.142. The van der Waals surface area contributed by atoms with Gasteiger partial charge in [-0.1, -0.05) is 5.21 Å². The van der Waals surface area contributed by atoms with E-state index in [0.717, 1.165) is 25.7 Å². The van der Waals surface area contributed by atoms with Gasteiger partial charge < -0.3 is 9.64 Å². The zero-order valence-corrected chi connectivity index (χ0v) is 13.5. The van der Waals surface area contributed by atoms with Crippen LogP contribution in [0.5, 0.6) is 0 Å². The first kappa shape index (κ1) is 14.8. The molecule has 122 valence electrons. The number of nitrogens with zero attached hydrogens (tertiary/aromatic N) is 4. The van der Waals surface area contributed by atoms with Crippen molar-refractivity contribution in [1.82, 2.24) is 19.9 Å². The van der Waals surface area contributed by atoms with E-state index in [9.17, 15) is 9.59 Å². The van der Waals surface area contributed by atoms with E-state index in [-0.39, 0.29) is 23.6 Å². The maximum absolute atomic E-state index is 12.5. The third-order valence-electron chi connectivity index (χ3n) is 4.62. The van der Waals surface area contributed by atoms with Crippen LogP contribution < -0.4 is 5.56 Å². The second-order valence-corrected chi connectivity index (χ2v) is 6.95. The van der Waals surface area contributed by atoms with Gasteiger partial charge in [0.05, 0.1) is 6.04 Å². The Morgan fingerprint density at radius 3 is 2.87 bits per heavy atom. The van der Waals surface area contributed by atoms with Crippen LogP contribution in [0.3, 0.4) is 0 Å². The van der Waals surface area contributed by atoms with Gasteiger partial charge in [-0.3, -0.25) is 9.59 Å². The van der Waals surface area contributed by atoms with Crippen LogP contribution in [-0.2, 0) is 9.53 Å². The Kier molecular flexibility index (Phi) is 3.86. The van der Waals surface area contributed by atoms with Crippen LogP contribution in [0, 0.1) is 0 Å². The van der Waals surface area contributed by atoms with Gasteiger partial charge in [-0.2, -0.15) is 0 Å². The molecule has 0 unspecified atom stereocenters. The Morgan fingerprint density at radius 1 is 1.30 bits per heavy atom. The van der Waals surface area contributed by atoms with Crippen molar-refractivity contribution in [2.24, 2.45) is 0 Å². The average molecular weight is 334 g/mol. The molecule has 0 N–H and O–H groups in total. The maximum Gasteiger partial charge on any atom is 0.287 e. The summed E-state index contributed by atoms with van der Waals surface area (Å²) >= 11 is 1.40. The molecule has 2 aliphatic rings. The average Bonchev–Trinajstić information content (AvgIpc) is 3.27. The van der Waals surface area contributed by atoms with Crippen LogP contribution in [0.25, 0.3) is 10.2 Å². The summed E-state index contributed by atoms with van der Waals surface area (Å²) in [5, 5.41) is 10.1. The number of carbonyl (C=O) groups excluding carboxylic acids is 1. The van der Waals surface area contributed by atoms with Crippen LogP contribution in [0.15, 0.2) is 16.2 Å². The number of fused-ring (bicyclic) bond motifs is 1. The van der Waals surface area contributed by atoms with Gasteiger partial charge in [-0.25, -0.2) is 4.68 Å². The van der Waals surface area contributed by atoms with E-state index >= 15 is 0 Å². The first-order valence-electron chi connectivity index (χ1n) is 7.97. The molecule has 0 spiro atoms. The number of piperidine rings is 1. The summed E-state index contributed by atoms with van der Waals surface area (Å²) < 4.78 is 7.61. The molecule has 0 radical (unpaired) electrons. The van der Waals surface area contributed by atoms with E-state index in [1.54, 1.807) is 0 Å². The zero-order valence-electron chi connectivity index (χ0n) is 12.7. The molecule has 0 aromatic carbocycles. The Balaban J connectivity index is 1.47. The van der Waals surface area contributed by atoms with Gasteiger partial charge in [0.25, 0.3) is 11.5 Å². The molecule has 2 aliphatic heterocycles. The minimum Gasteiger partial charge on any atom is -0.368 e. The van der Waals surface area contributed by atoms with Crippen molar-refractivity contribution in [3.8, 4) is 0 Å². The standard InChI is InChI=1S/C15H18N4O3S/c20-14(12-2-1-8-22-12)18-6-3-10(4-7-18)19-15(21)13-11(16-17-19)5-9-23-13/h5,9-10,12H,1-4,6-8H2/t12-/m1/s1. The molecular formula is C15H18N4O3S. The molecule has 1 amide bonds. The Morgan fingerprint density at radius 2 is 2.13 bits per heavy atom. The van der Waals surface area contributed by atoms with Crippen molar-refractivity contribution in [1.29, 1.82) is 0 Å². The van der Waals surface area contributed by atoms with E-state index in [1.807, 2.05) is 16.3 Å². The summed E-state index contributed by atoms with van der Waals surface area (Å²) in [5.74, 6) is 0.0908. The van der Waals surface area contributed by atoms with E-state index in [0.29, 0.717) is 29.9 Å². The normalized spacial score (nSPS) is 22.8. The highest BCUT2D eigenvalue weighted by Gasteiger charge is 2.32. The number of aromatic nitrogens is 3. The highest BCUT2D eigenvalue weighted by Crippen LogP contribution is 2.24. The number of amides is 1. The lowest BCUT2D eigenvalue weighted by Crippen LogP contribution is -2.45. The molecule has 2 saturated heterocycles. The molecule has 4 rings (SSSR count). The second-order valence-electron chi connectivity index (χ2n) is 6.03. The minimum absolute atomic E-state index is 0.00930. The molecule has 23 heavy (non-hydrogen) atoms. The van der Waals surface area contributed by atoms with Crippen LogP contribution in [-0.4, -0.2) is 51.6 Å². The number of thiophene rings is 1. The first-order chi connectivity index (χ1) is 11.2. The molecule has 2 aromatic rings. The topological polar surface area (TPSA) is 77.3 Å². The monoisotopic (exact) mass is 334 g/mol. The predicted octanol–water partition coefficient (Wildman–Crippen LogP) is 1.20. The smallest absolute Gasteiger partial charge is 0.287 e. The second kappa shape index (κ2) is 6.01. The minimum atomic E-state index is -0.267. The van der Waals surface area contributed by atoms with Gasteiger partial charge in [-0.15, -0.1) is 16.4 Å². The van der Waals surface area contributed by atoms with Crippen molar-refractivity contribution in [3.05, 3.63) is 21.8 Å². The van der Waals surface area contributed by atoms with Crippen LogP contribution in [0.4, 0.5) is 0 Å². The van der Waals surface area contributed by atoms with Gasteiger partial charge in [0.1, 0.15) is 16.3 Å².